The van der Waals surface area contributed by atoms with E-state index in [1.54, 1.807) is 24.5 Å². The van der Waals surface area contributed by atoms with E-state index in [1.165, 1.54) is 0 Å². The standard InChI is InChI=1S/C11H15N3O/c12-10-4-2-6-14(8-10)11(15)9-3-1-5-13-7-9/h1,3,5,7,10H,2,4,6,8,12H2/t10-/m1/s1. The Kier molecular flexibility index (Phi) is 2.97. The smallest absolute Gasteiger partial charge is 0.255 e. The lowest BCUT2D eigenvalue weighted by Crippen LogP contribution is -2.45. The van der Waals surface area contributed by atoms with Crippen LogP contribution in [0.4, 0.5) is 0 Å². The summed E-state index contributed by atoms with van der Waals surface area (Å²) in [5.41, 5.74) is 6.48. The van der Waals surface area contributed by atoms with E-state index < -0.39 is 0 Å². The van der Waals surface area contributed by atoms with E-state index in [9.17, 15) is 4.79 Å². The molecule has 1 atom stereocenters. The van der Waals surface area contributed by atoms with Crippen LogP contribution in [-0.4, -0.2) is 34.9 Å². The Morgan fingerprint density at radius 3 is 3.13 bits per heavy atom. The first-order valence-corrected chi connectivity index (χ1v) is 5.22. The van der Waals surface area contributed by atoms with Crippen molar-refractivity contribution in [3.63, 3.8) is 0 Å². The number of nitrogens with two attached hydrogens (primary N) is 1. The molecule has 0 unspecified atom stereocenters. The summed E-state index contributed by atoms with van der Waals surface area (Å²) in [6.45, 7) is 1.47. The topological polar surface area (TPSA) is 59.2 Å². The molecule has 1 aromatic rings. The van der Waals surface area contributed by atoms with Gasteiger partial charge in [-0.25, -0.2) is 0 Å². The van der Waals surface area contributed by atoms with Crippen LogP contribution in [0.25, 0.3) is 0 Å². The minimum absolute atomic E-state index is 0.0400. The number of amides is 1. The lowest BCUT2D eigenvalue weighted by atomic mass is 10.1. The zero-order valence-electron chi connectivity index (χ0n) is 8.60. The van der Waals surface area contributed by atoms with Gasteiger partial charge in [0.15, 0.2) is 0 Å². The molecule has 2 N–H and O–H groups in total. The molecule has 0 radical (unpaired) electrons. The Morgan fingerprint density at radius 1 is 1.60 bits per heavy atom. The molecule has 1 fully saturated rings. The third-order valence-corrected chi connectivity index (χ3v) is 2.65. The van der Waals surface area contributed by atoms with Gasteiger partial charge in [0, 0.05) is 31.5 Å². The maximum Gasteiger partial charge on any atom is 0.255 e. The number of carbonyl (C=O) groups is 1. The van der Waals surface area contributed by atoms with Crippen molar-refractivity contribution >= 4 is 5.91 Å². The third-order valence-electron chi connectivity index (χ3n) is 2.65. The second-order valence-electron chi connectivity index (χ2n) is 3.90. The minimum atomic E-state index is 0.0400. The van der Waals surface area contributed by atoms with Crippen LogP contribution in [0, 0.1) is 0 Å². The zero-order valence-corrected chi connectivity index (χ0v) is 8.60. The van der Waals surface area contributed by atoms with Crippen LogP contribution in [0.5, 0.6) is 0 Å². The number of nitrogens with zero attached hydrogens (tertiary/aromatic N) is 2. The van der Waals surface area contributed by atoms with Gasteiger partial charge in [0.25, 0.3) is 5.91 Å². The van der Waals surface area contributed by atoms with Gasteiger partial charge < -0.3 is 10.6 Å². The highest BCUT2D eigenvalue weighted by Crippen LogP contribution is 2.11. The van der Waals surface area contributed by atoms with Crippen LogP contribution >= 0.6 is 0 Å². The Bertz CT molecular complexity index is 339. The number of hydrogen-bond acceptors (Lipinski definition) is 3. The van der Waals surface area contributed by atoms with Gasteiger partial charge in [-0.05, 0) is 25.0 Å². The highest BCUT2D eigenvalue weighted by atomic mass is 16.2. The maximum absolute atomic E-state index is 12.0. The fourth-order valence-corrected chi connectivity index (χ4v) is 1.87. The fourth-order valence-electron chi connectivity index (χ4n) is 1.87. The Hall–Kier alpha value is -1.42. The van der Waals surface area contributed by atoms with E-state index in [4.69, 9.17) is 5.73 Å². The van der Waals surface area contributed by atoms with Crippen LogP contribution in [0.15, 0.2) is 24.5 Å². The van der Waals surface area contributed by atoms with E-state index >= 15 is 0 Å². The summed E-state index contributed by atoms with van der Waals surface area (Å²) in [7, 11) is 0. The molecule has 1 aliphatic heterocycles. The van der Waals surface area contributed by atoms with Crippen molar-refractivity contribution < 1.29 is 4.79 Å². The van der Waals surface area contributed by atoms with Crippen LogP contribution in [0.2, 0.25) is 0 Å². The molecule has 4 heteroatoms. The van der Waals surface area contributed by atoms with Crippen molar-refractivity contribution in [2.45, 2.75) is 18.9 Å². The molecule has 0 saturated carbocycles. The Morgan fingerprint density at radius 2 is 2.47 bits per heavy atom. The Labute approximate surface area is 89.1 Å². The SMILES string of the molecule is N[C@@H]1CCCN(C(=O)c2cccnc2)C1. The number of piperidine rings is 1. The predicted octanol–water partition coefficient (Wildman–Crippen LogP) is 0.645. The average molecular weight is 205 g/mol. The fraction of sp³-hybridized carbons (Fsp3) is 0.455. The summed E-state index contributed by atoms with van der Waals surface area (Å²) in [6.07, 6.45) is 5.27. The van der Waals surface area contributed by atoms with Crippen LogP contribution in [-0.2, 0) is 0 Å². The molecule has 1 aromatic heterocycles. The number of pyridine rings is 1. The average Bonchev–Trinajstić information content (AvgIpc) is 2.29. The molecule has 2 rings (SSSR count). The molecular formula is C11H15N3O. The van der Waals surface area contributed by atoms with Crippen molar-refractivity contribution in [3.8, 4) is 0 Å². The quantitative estimate of drug-likeness (QED) is 0.732. The monoisotopic (exact) mass is 205 g/mol. The first-order valence-electron chi connectivity index (χ1n) is 5.22. The van der Waals surface area contributed by atoms with E-state index in [0.29, 0.717) is 12.1 Å². The van der Waals surface area contributed by atoms with Crippen LogP contribution in [0.3, 0.4) is 0 Å². The number of aromatic nitrogens is 1. The molecule has 1 saturated heterocycles. The number of rotatable bonds is 1. The molecule has 0 bridgehead atoms. The Balaban J connectivity index is 2.08. The summed E-state index contributed by atoms with van der Waals surface area (Å²) >= 11 is 0. The molecule has 2 heterocycles. The van der Waals surface area contributed by atoms with E-state index in [2.05, 4.69) is 4.98 Å². The van der Waals surface area contributed by atoms with Crippen LogP contribution in [0.1, 0.15) is 23.2 Å². The summed E-state index contributed by atoms with van der Waals surface area (Å²) in [5.74, 6) is 0.0400. The van der Waals surface area contributed by atoms with Gasteiger partial charge >= 0.3 is 0 Å². The van der Waals surface area contributed by atoms with Crippen LogP contribution < -0.4 is 5.73 Å². The number of carbonyl (C=O) groups excluding carboxylic acids is 1. The minimum Gasteiger partial charge on any atom is -0.337 e. The van der Waals surface area contributed by atoms with Crippen molar-refractivity contribution in [1.29, 1.82) is 0 Å². The molecule has 0 spiro atoms. The van der Waals surface area contributed by atoms with Gasteiger partial charge in [-0.2, -0.15) is 0 Å². The van der Waals surface area contributed by atoms with Gasteiger partial charge in [-0.3, -0.25) is 9.78 Å². The highest BCUT2D eigenvalue weighted by molar-refractivity contribution is 5.93. The zero-order chi connectivity index (χ0) is 10.7. The normalized spacial score (nSPS) is 21.4. The van der Waals surface area contributed by atoms with Gasteiger partial charge in [-0.15, -0.1) is 0 Å². The molecule has 80 valence electrons. The highest BCUT2D eigenvalue weighted by Gasteiger charge is 2.21. The van der Waals surface area contributed by atoms with Crippen molar-refractivity contribution in [1.82, 2.24) is 9.88 Å². The van der Waals surface area contributed by atoms with Crippen molar-refractivity contribution in [3.05, 3.63) is 30.1 Å². The predicted molar refractivity (Wildman–Crippen MR) is 57.3 cm³/mol. The first kappa shape index (κ1) is 10.1. The maximum atomic E-state index is 12.0. The lowest BCUT2D eigenvalue weighted by molar-refractivity contribution is 0.0708. The van der Waals surface area contributed by atoms with Gasteiger partial charge in [0.05, 0.1) is 5.56 Å². The molecule has 15 heavy (non-hydrogen) atoms. The first-order chi connectivity index (χ1) is 7.27. The van der Waals surface area contributed by atoms with Gasteiger partial charge in [0.2, 0.25) is 0 Å². The molecule has 1 amide bonds. The third kappa shape index (κ3) is 2.33. The summed E-state index contributed by atoms with van der Waals surface area (Å²) in [6, 6.07) is 3.69. The summed E-state index contributed by atoms with van der Waals surface area (Å²) in [5, 5.41) is 0. The van der Waals surface area contributed by atoms with E-state index in [1.807, 2.05) is 4.90 Å². The second-order valence-corrected chi connectivity index (χ2v) is 3.90. The molecule has 4 nitrogen and oxygen atoms in total. The van der Waals surface area contributed by atoms with E-state index in [0.717, 1.165) is 19.4 Å². The second kappa shape index (κ2) is 4.40. The summed E-state index contributed by atoms with van der Waals surface area (Å²) < 4.78 is 0. The van der Waals surface area contributed by atoms with Crippen molar-refractivity contribution in [2.24, 2.45) is 5.73 Å². The van der Waals surface area contributed by atoms with Gasteiger partial charge in [-0.1, -0.05) is 0 Å². The summed E-state index contributed by atoms with van der Waals surface area (Å²) in [4.78, 5) is 17.7. The van der Waals surface area contributed by atoms with E-state index in [-0.39, 0.29) is 11.9 Å². The number of hydrogen-bond donors (Lipinski definition) is 1. The number of likely N-dealkylation sites (tertiary alicyclic amines) is 1. The van der Waals surface area contributed by atoms with Crippen molar-refractivity contribution in [2.75, 3.05) is 13.1 Å². The molecular weight excluding hydrogens is 190 g/mol. The lowest BCUT2D eigenvalue weighted by Gasteiger charge is -2.30. The molecule has 0 aromatic carbocycles. The molecule has 0 aliphatic carbocycles. The molecule has 1 aliphatic rings. The van der Waals surface area contributed by atoms with Gasteiger partial charge in [0.1, 0.15) is 0 Å². The largest absolute Gasteiger partial charge is 0.337 e.